The van der Waals surface area contributed by atoms with E-state index in [1.54, 1.807) is 17.9 Å². The number of carbonyl (C=O) groups is 1. The Labute approximate surface area is 94.3 Å². The molecule has 4 heteroatoms. The molecule has 0 saturated heterocycles. The number of fused-ring (bicyclic) bond motifs is 2. The fourth-order valence-corrected chi connectivity index (χ4v) is 3.52. The molecule has 3 rings (SSSR count). The second-order valence-electron chi connectivity index (χ2n) is 5.19. The first-order chi connectivity index (χ1) is 7.65. The van der Waals surface area contributed by atoms with E-state index >= 15 is 0 Å². The third kappa shape index (κ3) is 1.36. The minimum atomic E-state index is -0.842. The maximum absolute atomic E-state index is 11.1. The summed E-state index contributed by atoms with van der Waals surface area (Å²) in [6.45, 7) is 0. The summed E-state index contributed by atoms with van der Waals surface area (Å²) in [6, 6.07) is 0. The molecule has 3 atom stereocenters. The zero-order chi connectivity index (χ0) is 11.3. The monoisotopic (exact) mass is 220 g/mol. The molecule has 2 saturated carbocycles. The van der Waals surface area contributed by atoms with E-state index in [4.69, 9.17) is 5.11 Å². The van der Waals surface area contributed by atoms with Gasteiger partial charge in [0.25, 0.3) is 0 Å². The standard InChI is InChI=1S/C12H16N2O2/c1-14-6-10(12(15)16)11(13-14)9-5-7-2-3-8(9)4-7/h6-9H,2-5H2,1H3,(H,15,16). The predicted octanol–water partition coefficient (Wildman–Crippen LogP) is 2.02. The highest BCUT2D eigenvalue weighted by atomic mass is 16.4. The van der Waals surface area contributed by atoms with Crippen LogP contribution in [0.1, 0.15) is 47.7 Å². The van der Waals surface area contributed by atoms with Crippen molar-refractivity contribution in [2.75, 3.05) is 0 Å². The molecule has 0 aromatic carbocycles. The number of aromatic nitrogens is 2. The van der Waals surface area contributed by atoms with E-state index in [-0.39, 0.29) is 0 Å². The minimum Gasteiger partial charge on any atom is -0.478 e. The van der Waals surface area contributed by atoms with Crippen LogP contribution in [0.25, 0.3) is 0 Å². The Kier molecular flexibility index (Phi) is 2.06. The summed E-state index contributed by atoms with van der Waals surface area (Å²) in [5.41, 5.74) is 1.22. The summed E-state index contributed by atoms with van der Waals surface area (Å²) >= 11 is 0. The van der Waals surface area contributed by atoms with Crippen molar-refractivity contribution in [2.24, 2.45) is 18.9 Å². The average Bonchev–Trinajstić information content (AvgIpc) is 2.89. The Morgan fingerprint density at radius 3 is 2.88 bits per heavy atom. The van der Waals surface area contributed by atoms with Crippen LogP contribution in [-0.4, -0.2) is 20.9 Å². The van der Waals surface area contributed by atoms with Crippen LogP contribution in [0.2, 0.25) is 0 Å². The number of rotatable bonds is 2. The number of aryl methyl sites for hydroxylation is 1. The molecule has 86 valence electrons. The summed E-state index contributed by atoms with van der Waals surface area (Å²) in [4.78, 5) is 11.1. The molecule has 2 aliphatic carbocycles. The van der Waals surface area contributed by atoms with Crippen LogP contribution in [-0.2, 0) is 7.05 Å². The number of aromatic carboxylic acids is 1. The molecule has 3 unspecified atom stereocenters. The highest BCUT2D eigenvalue weighted by Gasteiger charge is 2.42. The van der Waals surface area contributed by atoms with Gasteiger partial charge < -0.3 is 5.11 Å². The molecule has 16 heavy (non-hydrogen) atoms. The summed E-state index contributed by atoms with van der Waals surface area (Å²) in [5.74, 6) is 1.05. The normalized spacial score (nSPS) is 32.2. The Morgan fingerprint density at radius 1 is 1.50 bits per heavy atom. The van der Waals surface area contributed by atoms with E-state index in [2.05, 4.69) is 5.10 Å². The highest BCUT2D eigenvalue weighted by molar-refractivity contribution is 5.88. The van der Waals surface area contributed by atoms with Crippen molar-refractivity contribution in [3.63, 3.8) is 0 Å². The van der Waals surface area contributed by atoms with Crippen LogP contribution in [0, 0.1) is 11.8 Å². The molecule has 2 bridgehead atoms. The quantitative estimate of drug-likeness (QED) is 0.829. The number of carboxylic acids is 1. The first-order valence-corrected chi connectivity index (χ1v) is 5.92. The van der Waals surface area contributed by atoms with E-state index in [9.17, 15) is 4.79 Å². The number of carboxylic acid groups (broad SMARTS) is 1. The SMILES string of the molecule is Cn1cc(C(=O)O)c(C2CC3CCC2C3)n1. The molecule has 2 fully saturated rings. The van der Waals surface area contributed by atoms with Gasteiger partial charge in [-0.15, -0.1) is 0 Å². The lowest BCUT2D eigenvalue weighted by atomic mass is 9.85. The molecule has 0 amide bonds. The van der Waals surface area contributed by atoms with Crippen LogP contribution in [0.5, 0.6) is 0 Å². The summed E-state index contributed by atoms with van der Waals surface area (Å²) < 4.78 is 1.63. The fraction of sp³-hybridized carbons (Fsp3) is 0.667. The largest absolute Gasteiger partial charge is 0.478 e. The lowest BCUT2D eigenvalue weighted by Gasteiger charge is -2.20. The van der Waals surface area contributed by atoms with E-state index in [1.807, 2.05) is 0 Å². The second-order valence-corrected chi connectivity index (χ2v) is 5.19. The molecule has 1 aromatic rings. The van der Waals surface area contributed by atoms with Crippen LogP contribution < -0.4 is 0 Å². The number of nitrogens with zero attached hydrogens (tertiary/aromatic N) is 2. The van der Waals surface area contributed by atoms with Crippen molar-refractivity contribution < 1.29 is 9.90 Å². The fourth-order valence-electron chi connectivity index (χ4n) is 3.52. The first-order valence-electron chi connectivity index (χ1n) is 5.92. The van der Waals surface area contributed by atoms with Gasteiger partial charge in [-0.05, 0) is 31.1 Å². The van der Waals surface area contributed by atoms with Crippen LogP contribution in [0.3, 0.4) is 0 Å². The first kappa shape index (κ1) is 9.87. The van der Waals surface area contributed by atoms with Crippen molar-refractivity contribution in [3.8, 4) is 0 Å². The molecule has 4 nitrogen and oxygen atoms in total. The van der Waals surface area contributed by atoms with E-state index in [0.29, 0.717) is 17.4 Å². The molecule has 2 aliphatic rings. The zero-order valence-electron chi connectivity index (χ0n) is 9.39. The highest BCUT2D eigenvalue weighted by Crippen LogP contribution is 2.52. The van der Waals surface area contributed by atoms with Gasteiger partial charge in [-0.1, -0.05) is 6.42 Å². The molecule has 1 N–H and O–H groups in total. The van der Waals surface area contributed by atoms with Gasteiger partial charge in [0.15, 0.2) is 0 Å². The van der Waals surface area contributed by atoms with Gasteiger partial charge >= 0.3 is 5.97 Å². The third-order valence-corrected chi connectivity index (χ3v) is 4.18. The lowest BCUT2D eigenvalue weighted by molar-refractivity contribution is 0.0694. The van der Waals surface area contributed by atoms with Gasteiger partial charge in [-0.2, -0.15) is 5.10 Å². The Balaban J connectivity index is 1.97. The maximum Gasteiger partial charge on any atom is 0.339 e. The van der Waals surface area contributed by atoms with Crippen molar-refractivity contribution in [3.05, 3.63) is 17.5 Å². The van der Waals surface area contributed by atoms with Gasteiger partial charge in [-0.25, -0.2) is 4.79 Å². The third-order valence-electron chi connectivity index (χ3n) is 4.18. The van der Waals surface area contributed by atoms with Gasteiger partial charge in [0.2, 0.25) is 0 Å². The summed E-state index contributed by atoms with van der Waals surface area (Å²) in [5, 5.41) is 13.5. The molecule has 0 spiro atoms. The predicted molar refractivity (Wildman–Crippen MR) is 58.4 cm³/mol. The van der Waals surface area contributed by atoms with Crippen molar-refractivity contribution in [2.45, 2.75) is 31.6 Å². The van der Waals surface area contributed by atoms with Crippen LogP contribution in [0.15, 0.2) is 6.20 Å². The van der Waals surface area contributed by atoms with Gasteiger partial charge in [0.1, 0.15) is 5.56 Å². The van der Waals surface area contributed by atoms with E-state index in [1.165, 1.54) is 19.3 Å². The molecular formula is C12H16N2O2. The topological polar surface area (TPSA) is 55.1 Å². The van der Waals surface area contributed by atoms with Crippen molar-refractivity contribution >= 4 is 5.97 Å². The van der Waals surface area contributed by atoms with Crippen LogP contribution in [0.4, 0.5) is 0 Å². The van der Waals surface area contributed by atoms with Gasteiger partial charge in [0.05, 0.1) is 5.69 Å². The van der Waals surface area contributed by atoms with E-state index in [0.717, 1.165) is 18.0 Å². The average molecular weight is 220 g/mol. The lowest BCUT2D eigenvalue weighted by Crippen LogP contribution is -2.12. The molecular weight excluding hydrogens is 204 g/mol. The van der Waals surface area contributed by atoms with Gasteiger partial charge in [0, 0.05) is 19.2 Å². The van der Waals surface area contributed by atoms with Crippen LogP contribution >= 0.6 is 0 Å². The van der Waals surface area contributed by atoms with E-state index < -0.39 is 5.97 Å². The Morgan fingerprint density at radius 2 is 2.31 bits per heavy atom. The Hall–Kier alpha value is -1.32. The molecule has 1 heterocycles. The summed E-state index contributed by atoms with van der Waals surface area (Å²) in [6.07, 6.45) is 6.63. The zero-order valence-corrected chi connectivity index (χ0v) is 9.39. The van der Waals surface area contributed by atoms with Crippen molar-refractivity contribution in [1.29, 1.82) is 0 Å². The molecule has 0 radical (unpaired) electrons. The Bertz CT molecular complexity index is 438. The number of hydrogen-bond donors (Lipinski definition) is 1. The minimum absolute atomic E-state index is 0.394. The summed E-state index contributed by atoms with van der Waals surface area (Å²) in [7, 11) is 1.79. The number of hydrogen-bond acceptors (Lipinski definition) is 2. The van der Waals surface area contributed by atoms with Gasteiger partial charge in [-0.3, -0.25) is 4.68 Å². The molecule has 0 aliphatic heterocycles. The smallest absolute Gasteiger partial charge is 0.339 e. The second kappa shape index (κ2) is 3.34. The molecule has 1 aromatic heterocycles. The maximum atomic E-state index is 11.1. The van der Waals surface area contributed by atoms with Crippen molar-refractivity contribution in [1.82, 2.24) is 9.78 Å².